The molecule has 0 radical (unpaired) electrons. The Morgan fingerprint density at radius 2 is 2.33 bits per heavy atom. The molecular formula is C12H19N7OS. The zero-order valence-electron chi connectivity index (χ0n) is 12.0. The summed E-state index contributed by atoms with van der Waals surface area (Å²) in [4.78, 5) is 16.6. The largest absolute Gasteiger partial charge is 0.382 e. The van der Waals surface area contributed by atoms with Crippen LogP contribution in [-0.4, -0.2) is 39.0 Å². The van der Waals surface area contributed by atoms with E-state index in [4.69, 9.17) is 5.73 Å². The number of nitrogens with zero attached hydrogens (tertiary/aromatic N) is 4. The fourth-order valence-corrected chi connectivity index (χ4v) is 2.39. The molecule has 0 saturated heterocycles. The van der Waals surface area contributed by atoms with Crippen LogP contribution in [0.5, 0.6) is 0 Å². The van der Waals surface area contributed by atoms with E-state index in [1.165, 1.54) is 11.3 Å². The molecule has 21 heavy (non-hydrogen) atoms. The molecule has 114 valence electrons. The highest BCUT2D eigenvalue weighted by atomic mass is 32.1. The summed E-state index contributed by atoms with van der Waals surface area (Å²) in [6, 6.07) is 0. The molecule has 0 aliphatic rings. The first-order valence-corrected chi connectivity index (χ1v) is 7.50. The van der Waals surface area contributed by atoms with Crippen LogP contribution in [-0.2, 0) is 6.54 Å². The number of rotatable bonds is 7. The Labute approximate surface area is 126 Å². The molecule has 9 heteroatoms. The Bertz CT molecular complexity index is 578. The first-order valence-electron chi connectivity index (χ1n) is 6.68. The average molecular weight is 309 g/mol. The Hall–Kier alpha value is -2.16. The number of hydrogen-bond acceptors (Lipinski definition) is 7. The maximum Gasteiger partial charge on any atom is 0.265 e. The zero-order valence-corrected chi connectivity index (χ0v) is 12.9. The molecule has 8 nitrogen and oxygen atoms in total. The number of nitrogens with two attached hydrogens (primary N) is 1. The number of carbonyl (C=O) groups excluding carboxylic acids is 1. The molecule has 0 aromatic carbocycles. The van der Waals surface area contributed by atoms with E-state index >= 15 is 0 Å². The fourth-order valence-electron chi connectivity index (χ4n) is 1.58. The van der Waals surface area contributed by atoms with Gasteiger partial charge in [0, 0.05) is 19.3 Å². The lowest BCUT2D eigenvalue weighted by atomic mass is 10.2. The second kappa shape index (κ2) is 7.02. The molecule has 2 aromatic rings. The summed E-state index contributed by atoms with van der Waals surface area (Å²) in [5.74, 6) is 0.530. The highest BCUT2D eigenvalue weighted by Crippen LogP contribution is 2.24. The Morgan fingerprint density at radius 3 is 3.00 bits per heavy atom. The van der Waals surface area contributed by atoms with Gasteiger partial charge in [0.05, 0.1) is 12.7 Å². The van der Waals surface area contributed by atoms with Gasteiger partial charge in [-0.2, -0.15) is 0 Å². The van der Waals surface area contributed by atoms with Gasteiger partial charge in [0.1, 0.15) is 10.7 Å². The molecule has 0 atom stereocenters. The summed E-state index contributed by atoms with van der Waals surface area (Å²) in [6.07, 6.45) is 3.33. The standard InChI is InChI=1S/C12H19N7OS/c1-8(2)7-15-12-17-10(13)9(21-12)11(20)14-3-5-19-6-4-16-18-19/h4,6,8H,3,5,7,13H2,1-2H3,(H,14,20)(H,15,17). The number of anilines is 2. The summed E-state index contributed by atoms with van der Waals surface area (Å²) >= 11 is 1.26. The monoisotopic (exact) mass is 309 g/mol. The second-order valence-electron chi connectivity index (χ2n) is 4.93. The third kappa shape index (κ3) is 4.42. The van der Waals surface area contributed by atoms with Gasteiger partial charge in [0.15, 0.2) is 5.13 Å². The van der Waals surface area contributed by atoms with Crippen molar-refractivity contribution in [1.82, 2.24) is 25.3 Å². The van der Waals surface area contributed by atoms with Gasteiger partial charge in [-0.15, -0.1) is 5.10 Å². The number of thiazole rings is 1. The quantitative estimate of drug-likeness (QED) is 0.698. The van der Waals surface area contributed by atoms with Crippen molar-refractivity contribution in [2.24, 2.45) is 5.92 Å². The van der Waals surface area contributed by atoms with Crippen molar-refractivity contribution in [3.63, 3.8) is 0 Å². The molecule has 0 saturated carbocycles. The van der Waals surface area contributed by atoms with E-state index in [0.29, 0.717) is 29.0 Å². The maximum absolute atomic E-state index is 12.1. The van der Waals surface area contributed by atoms with Gasteiger partial charge >= 0.3 is 0 Å². The van der Waals surface area contributed by atoms with E-state index in [9.17, 15) is 4.79 Å². The third-order valence-electron chi connectivity index (χ3n) is 2.62. The van der Waals surface area contributed by atoms with Crippen molar-refractivity contribution in [2.45, 2.75) is 20.4 Å². The van der Waals surface area contributed by atoms with E-state index in [2.05, 4.69) is 39.8 Å². The van der Waals surface area contributed by atoms with Gasteiger partial charge in [-0.05, 0) is 5.92 Å². The number of nitrogens with one attached hydrogen (secondary N) is 2. The maximum atomic E-state index is 12.1. The lowest BCUT2D eigenvalue weighted by Gasteiger charge is -2.04. The van der Waals surface area contributed by atoms with E-state index in [-0.39, 0.29) is 11.7 Å². The van der Waals surface area contributed by atoms with Crippen molar-refractivity contribution < 1.29 is 4.79 Å². The van der Waals surface area contributed by atoms with Gasteiger partial charge in [0.2, 0.25) is 0 Å². The summed E-state index contributed by atoms with van der Waals surface area (Å²) in [7, 11) is 0. The van der Waals surface area contributed by atoms with E-state index in [0.717, 1.165) is 6.54 Å². The number of carbonyl (C=O) groups is 1. The van der Waals surface area contributed by atoms with Crippen LogP contribution >= 0.6 is 11.3 Å². The van der Waals surface area contributed by atoms with Gasteiger partial charge < -0.3 is 16.4 Å². The number of hydrogen-bond donors (Lipinski definition) is 3. The van der Waals surface area contributed by atoms with E-state index in [1.54, 1.807) is 17.1 Å². The number of nitrogen functional groups attached to an aromatic ring is 1. The van der Waals surface area contributed by atoms with Crippen molar-refractivity contribution >= 4 is 28.2 Å². The van der Waals surface area contributed by atoms with Crippen molar-refractivity contribution in [3.05, 3.63) is 17.3 Å². The average Bonchev–Trinajstić information content (AvgIpc) is 3.06. The summed E-state index contributed by atoms with van der Waals surface area (Å²) in [5, 5.41) is 14.1. The van der Waals surface area contributed by atoms with Gasteiger partial charge in [-0.25, -0.2) is 4.98 Å². The predicted molar refractivity (Wildman–Crippen MR) is 82.2 cm³/mol. The SMILES string of the molecule is CC(C)CNc1nc(N)c(C(=O)NCCn2ccnn2)s1. The molecule has 2 heterocycles. The topological polar surface area (TPSA) is 111 Å². The Balaban J connectivity index is 1.86. The molecule has 0 spiro atoms. The van der Waals surface area contributed by atoms with Crippen LogP contribution in [0.4, 0.5) is 10.9 Å². The summed E-state index contributed by atoms with van der Waals surface area (Å²) in [6.45, 7) is 6.00. The van der Waals surface area contributed by atoms with Crippen molar-refractivity contribution in [3.8, 4) is 0 Å². The zero-order chi connectivity index (χ0) is 15.2. The number of amides is 1. The smallest absolute Gasteiger partial charge is 0.265 e. The van der Waals surface area contributed by atoms with Gasteiger partial charge in [-0.1, -0.05) is 30.4 Å². The highest BCUT2D eigenvalue weighted by Gasteiger charge is 2.15. The molecule has 0 bridgehead atoms. The van der Waals surface area contributed by atoms with E-state index in [1.807, 2.05) is 0 Å². The lowest BCUT2D eigenvalue weighted by molar-refractivity contribution is 0.0956. The Morgan fingerprint density at radius 1 is 1.52 bits per heavy atom. The fraction of sp³-hybridized carbons (Fsp3) is 0.500. The normalized spacial score (nSPS) is 10.8. The minimum Gasteiger partial charge on any atom is -0.382 e. The van der Waals surface area contributed by atoms with Crippen LogP contribution < -0.4 is 16.4 Å². The molecule has 2 rings (SSSR count). The van der Waals surface area contributed by atoms with Crippen LogP contribution in [0.1, 0.15) is 23.5 Å². The van der Waals surface area contributed by atoms with Gasteiger partial charge in [-0.3, -0.25) is 9.48 Å². The first-order chi connectivity index (χ1) is 10.1. The molecule has 2 aromatic heterocycles. The molecule has 0 fully saturated rings. The van der Waals surface area contributed by atoms with Crippen LogP contribution in [0.2, 0.25) is 0 Å². The second-order valence-corrected chi connectivity index (χ2v) is 5.93. The first kappa shape index (κ1) is 15.2. The molecule has 0 aliphatic carbocycles. The molecule has 4 N–H and O–H groups in total. The van der Waals surface area contributed by atoms with Crippen LogP contribution in [0.3, 0.4) is 0 Å². The number of aromatic nitrogens is 4. The molecule has 1 amide bonds. The Kier molecular flexibility index (Phi) is 5.09. The minimum absolute atomic E-state index is 0.220. The van der Waals surface area contributed by atoms with Crippen molar-refractivity contribution in [2.75, 3.05) is 24.1 Å². The molecule has 0 unspecified atom stereocenters. The molecule has 0 aliphatic heterocycles. The highest BCUT2D eigenvalue weighted by molar-refractivity contribution is 7.18. The molecular weight excluding hydrogens is 290 g/mol. The van der Waals surface area contributed by atoms with Gasteiger partial charge in [0.25, 0.3) is 5.91 Å². The van der Waals surface area contributed by atoms with Crippen molar-refractivity contribution in [1.29, 1.82) is 0 Å². The van der Waals surface area contributed by atoms with Crippen LogP contribution in [0, 0.1) is 5.92 Å². The predicted octanol–water partition coefficient (Wildman–Crippen LogP) is 0.815. The van der Waals surface area contributed by atoms with E-state index < -0.39 is 0 Å². The van der Waals surface area contributed by atoms with Crippen LogP contribution in [0.15, 0.2) is 12.4 Å². The minimum atomic E-state index is -0.220. The third-order valence-corrected chi connectivity index (χ3v) is 3.65. The van der Waals surface area contributed by atoms with Crippen LogP contribution in [0.25, 0.3) is 0 Å². The lowest BCUT2D eigenvalue weighted by Crippen LogP contribution is -2.27. The summed E-state index contributed by atoms with van der Waals surface area (Å²) in [5.41, 5.74) is 5.79. The summed E-state index contributed by atoms with van der Waals surface area (Å²) < 4.78 is 1.64.